The minimum Gasteiger partial charge on any atom is -0.287 e. The quantitative estimate of drug-likeness (QED) is 0.757. The van der Waals surface area contributed by atoms with Gasteiger partial charge in [0, 0.05) is 12.1 Å². The third kappa shape index (κ3) is 2.03. The summed E-state index contributed by atoms with van der Waals surface area (Å²) in [6, 6.07) is 8.77. The molecule has 1 saturated heterocycles. The van der Waals surface area contributed by atoms with E-state index in [-0.39, 0.29) is 0 Å². The van der Waals surface area contributed by atoms with Gasteiger partial charge in [0.1, 0.15) is 0 Å². The minimum atomic E-state index is 0.579. The van der Waals surface area contributed by atoms with Crippen LogP contribution >= 0.6 is 23.5 Å². The van der Waals surface area contributed by atoms with Gasteiger partial charge in [-0.25, -0.2) is 0 Å². The zero-order chi connectivity index (χ0) is 10.8. The number of hydrogen-bond donors (Lipinski definition) is 0. The summed E-state index contributed by atoms with van der Waals surface area (Å²) in [7, 11) is 0. The highest BCUT2D eigenvalue weighted by molar-refractivity contribution is 8.18. The summed E-state index contributed by atoms with van der Waals surface area (Å²) in [4.78, 5) is 4.77. The molecule has 1 nitrogen and oxygen atoms in total. The Morgan fingerprint density at radius 3 is 2.81 bits per heavy atom. The molecule has 1 aromatic rings. The number of nitrogens with zero attached hydrogens (tertiary/aromatic N) is 1. The molecule has 3 rings (SSSR count). The van der Waals surface area contributed by atoms with Crippen LogP contribution in [0.3, 0.4) is 0 Å². The third-order valence-corrected chi connectivity index (χ3v) is 5.92. The first-order valence-corrected chi connectivity index (χ1v) is 7.91. The highest BCUT2D eigenvalue weighted by atomic mass is 32.2. The maximum Gasteiger partial charge on any atom is 0.0923 e. The Balaban J connectivity index is 1.92. The monoisotopic (exact) mass is 249 g/mol. The Kier molecular flexibility index (Phi) is 3.25. The van der Waals surface area contributed by atoms with Crippen molar-refractivity contribution >= 4 is 29.2 Å². The fourth-order valence-electron chi connectivity index (χ4n) is 2.22. The molecule has 0 atom stereocenters. The van der Waals surface area contributed by atoms with E-state index in [1.165, 1.54) is 34.8 Å². The highest BCUT2D eigenvalue weighted by Crippen LogP contribution is 2.35. The van der Waals surface area contributed by atoms with Crippen molar-refractivity contribution in [3.05, 3.63) is 35.4 Å². The summed E-state index contributed by atoms with van der Waals surface area (Å²) >= 11 is 4.13. The lowest BCUT2D eigenvalue weighted by Gasteiger charge is -2.26. The molecule has 0 amide bonds. The lowest BCUT2D eigenvalue weighted by Crippen LogP contribution is -2.24. The van der Waals surface area contributed by atoms with Gasteiger partial charge in [-0.1, -0.05) is 24.3 Å². The molecule has 84 valence electrons. The topological polar surface area (TPSA) is 12.4 Å². The molecule has 0 aliphatic carbocycles. The first-order valence-electron chi connectivity index (χ1n) is 5.81. The molecule has 0 spiro atoms. The van der Waals surface area contributed by atoms with E-state index in [2.05, 4.69) is 47.8 Å². The number of rotatable bonds is 1. The van der Waals surface area contributed by atoms with Gasteiger partial charge in [0.05, 0.1) is 10.3 Å². The Morgan fingerprint density at radius 1 is 1.12 bits per heavy atom. The van der Waals surface area contributed by atoms with Crippen LogP contribution in [0.5, 0.6) is 0 Å². The van der Waals surface area contributed by atoms with Gasteiger partial charge in [-0.3, -0.25) is 4.99 Å². The zero-order valence-electron chi connectivity index (χ0n) is 9.19. The van der Waals surface area contributed by atoms with Gasteiger partial charge in [-0.15, -0.1) is 23.5 Å². The van der Waals surface area contributed by atoms with Crippen LogP contribution in [0.1, 0.15) is 17.5 Å². The Labute approximate surface area is 105 Å². The van der Waals surface area contributed by atoms with Crippen molar-refractivity contribution < 1.29 is 0 Å². The molecule has 0 radical (unpaired) electrons. The number of fused-ring (bicyclic) bond motifs is 1. The van der Waals surface area contributed by atoms with Gasteiger partial charge in [-0.2, -0.15) is 0 Å². The van der Waals surface area contributed by atoms with Gasteiger partial charge in [0.2, 0.25) is 0 Å². The molecule has 2 aliphatic heterocycles. The summed E-state index contributed by atoms with van der Waals surface area (Å²) in [6.07, 6.45) is 2.46. The molecule has 0 aromatic heterocycles. The molecule has 0 unspecified atom stereocenters. The molecular weight excluding hydrogens is 234 g/mol. The van der Waals surface area contributed by atoms with E-state index < -0.39 is 0 Å². The fraction of sp³-hybridized carbons (Fsp3) is 0.462. The van der Waals surface area contributed by atoms with Crippen LogP contribution in [-0.4, -0.2) is 28.3 Å². The van der Waals surface area contributed by atoms with E-state index in [0.29, 0.717) is 4.58 Å². The second kappa shape index (κ2) is 4.84. The number of aliphatic imine (C=N–C) groups is 1. The number of thioether (sulfide) groups is 2. The average Bonchev–Trinajstić information content (AvgIpc) is 2.39. The maximum absolute atomic E-state index is 4.77. The van der Waals surface area contributed by atoms with Crippen LogP contribution < -0.4 is 0 Å². The van der Waals surface area contributed by atoms with E-state index in [1.807, 2.05) is 0 Å². The van der Waals surface area contributed by atoms with Gasteiger partial charge in [0.15, 0.2) is 0 Å². The second-order valence-corrected chi connectivity index (χ2v) is 6.83. The molecule has 2 heterocycles. The fourth-order valence-corrected chi connectivity index (χ4v) is 5.13. The van der Waals surface area contributed by atoms with Crippen LogP contribution in [0.2, 0.25) is 0 Å². The predicted octanol–water partition coefficient (Wildman–Crippen LogP) is 3.23. The number of benzene rings is 1. The van der Waals surface area contributed by atoms with Crippen LogP contribution in [0.15, 0.2) is 29.3 Å². The van der Waals surface area contributed by atoms with Crippen molar-refractivity contribution in [3.63, 3.8) is 0 Å². The Bertz CT molecular complexity index is 408. The SMILES string of the molecule is c1ccc2c(c1)CCN=C2C1SCCCS1. The summed E-state index contributed by atoms with van der Waals surface area (Å²) in [5, 5.41) is 0. The maximum atomic E-state index is 4.77. The highest BCUT2D eigenvalue weighted by Gasteiger charge is 2.24. The van der Waals surface area contributed by atoms with E-state index in [4.69, 9.17) is 4.99 Å². The van der Waals surface area contributed by atoms with E-state index >= 15 is 0 Å². The molecule has 2 aliphatic rings. The van der Waals surface area contributed by atoms with Gasteiger partial charge >= 0.3 is 0 Å². The van der Waals surface area contributed by atoms with Gasteiger partial charge in [0.25, 0.3) is 0 Å². The normalized spacial score (nSPS) is 21.4. The molecule has 16 heavy (non-hydrogen) atoms. The van der Waals surface area contributed by atoms with Crippen molar-refractivity contribution in [2.75, 3.05) is 18.1 Å². The Hall–Kier alpha value is -0.410. The molecule has 0 N–H and O–H groups in total. The van der Waals surface area contributed by atoms with Crippen LogP contribution in [0.4, 0.5) is 0 Å². The minimum absolute atomic E-state index is 0.579. The molecule has 3 heteroatoms. The first kappa shape index (κ1) is 10.7. The van der Waals surface area contributed by atoms with Crippen LogP contribution in [0.25, 0.3) is 0 Å². The van der Waals surface area contributed by atoms with Crippen molar-refractivity contribution in [2.45, 2.75) is 17.4 Å². The Morgan fingerprint density at radius 2 is 1.94 bits per heavy atom. The molecule has 0 saturated carbocycles. The third-order valence-electron chi connectivity index (χ3n) is 3.01. The molecular formula is C13H15NS2. The lowest BCUT2D eigenvalue weighted by atomic mass is 9.98. The summed E-state index contributed by atoms with van der Waals surface area (Å²) in [5.74, 6) is 2.58. The lowest BCUT2D eigenvalue weighted by molar-refractivity contribution is 0.940. The van der Waals surface area contributed by atoms with E-state index in [1.54, 1.807) is 0 Å². The van der Waals surface area contributed by atoms with Crippen LogP contribution in [-0.2, 0) is 6.42 Å². The second-order valence-electron chi connectivity index (χ2n) is 4.10. The van der Waals surface area contributed by atoms with Gasteiger partial charge in [-0.05, 0) is 29.9 Å². The molecule has 1 fully saturated rings. The molecule has 1 aromatic carbocycles. The number of hydrogen-bond acceptors (Lipinski definition) is 3. The zero-order valence-corrected chi connectivity index (χ0v) is 10.8. The van der Waals surface area contributed by atoms with Crippen LogP contribution in [0, 0.1) is 0 Å². The van der Waals surface area contributed by atoms with Crippen molar-refractivity contribution in [3.8, 4) is 0 Å². The summed E-state index contributed by atoms with van der Waals surface area (Å²) in [6.45, 7) is 0.976. The van der Waals surface area contributed by atoms with E-state index in [0.717, 1.165) is 13.0 Å². The predicted molar refractivity (Wildman–Crippen MR) is 74.9 cm³/mol. The largest absolute Gasteiger partial charge is 0.287 e. The first-order chi connectivity index (χ1) is 7.95. The standard InChI is InChI=1S/C13H15NS2/c1-2-5-11-10(4-1)6-7-14-12(11)13-15-8-3-9-16-13/h1-2,4-5,13H,3,6-9H2. The molecule has 0 bridgehead atoms. The van der Waals surface area contributed by atoms with Crippen molar-refractivity contribution in [1.29, 1.82) is 0 Å². The van der Waals surface area contributed by atoms with Gasteiger partial charge < -0.3 is 0 Å². The smallest absolute Gasteiger partial charge is 0.0923 e. The van der Waals surface area contributed by atoms with Crippen molar-refractivity contribution in [2.24, 2.45) is 4.99 Å². The average molecular weight is 249 g/mol. The summed E-state index contributed by atoms with van der Waals surface area (Å²) < 4.78 is 0.579. The van der Waals surface area contributed by atoms with E-state index in [9.17, 15) is 0 Å². The summed E-state index contributed by atoms with van der Waals surface area (Å²) in [5.41, 5.74) is 4.23. The van der Waals surface area contributed by atoms with Crippen molar-refractivity contribution in [1.82, 2.24) is 0 Å².